The molecule has 0 saturated heterocycles. The predicted molar refractivity (Wildman–Crippen MR) is 52.7 cm³/mol. The van der Waals surface area contributed by atoms with Gasteiger partial charge in [0.25, 0.3) is 0 Å². The molecule has 0 nitrogen and oxygen atoms in total. The van der Waals surface area contributed by atoms with Gasteiger partial charge in [0.2, 0.25) is 0 Å². The summed E-state index contributed by atoms with van der Waals surface area (Å²) in [6.45, 7) is 13.0. The minimum atomic E-state index is 0.464. The monoisotopic (exact) mass is 154 g/mol. The fourth-order valence-electron chi connectivity index (χ4n) is 1.17. The van der Waals surface area contributed by atoms with Crippen molar-refractivity contribution in [3.8, 4) is 0 Å². The first-order valence-electron chi connectivity index (χ1n) is 4.59. The second-order valence-corrected chi connectivity index (χ2v) is 4.59. The summed E-state index contributed by atoms with van der Waals surface area (Å²) in [6, 6.07) is 0. The van der Waals surface area contributed by atoms with Crippen molar-refractivity contribution in [2.45, 2.75) is 47.0 Å². The van der Waals surface area contributed by atoms with Crippen LogP contribution in [0.3, 0.4) is 0 Å². The van der Waals surface area contributed by atoms with Crippen molar-refractivity contribution in [1.29, 1.82) is 0 Å². The highest BCUT2D eigenvalue weighted by atomic mass is 14.2. The molecule has 0 radical (unpaired) electrons. The molecule has 0 aliphatic carbocycles. The van der Waals surface area contributed by atoms with Crippen LogP contribution in [0.4, 0.5) is 0 Å². The molecule has 0 atom stereocenters. The van der Waals surface area contributed by atoms with E-state index in [1.807, 2.05) is 6.08 Å². The van der Waals surface area contributed by atoms with Gasteiger partial charge < -0.3 is 0 Å². The number of rotatable bonds is 5. The van der Waals surface area contributed by atoms with Crippen LogP contribution in [0, 0.1) is 11.3 Å². The Morgan fingerprint density at radius 1 is 1.36 bits per heavy atom. The minimum Gasteiger partial charge on any atom is -0.103 e. The van der Waals surface area contributed by atoms with E-state index in [9.17, 15) is 0 Å². The van der Waals surface area contributed by atoms with Gasteiger partial charge in [0.1, 0.15) is 0 Å². The van der Waals surface area contributed by atoms with Crippen LogP contribution in [0.2, 0.25) is 0 Å². The van der Waals surface area contributed by atoms with E-state index in [0.29, 0.717) is 5.41 Å². The summed E-state index contributed by atoms with van der Waals surface area (Å²) in [7, 11) is 0. The normalized spacial score (nSPS) is 12.1. The Balaban J connectivity index is 3.62. The van der Waals surface area contributed by atoms with Crippen molar-refractivity contribution in [2.75, 3.05) is 0 Å². The van der Waals surface area contributed by atoms with E-state index in [0.717, 1.165) is 12.3 Å². The second kappa shape index (κ2) is 4.58. The predicted octanol–water partition coefficient (Wildman–Crippen LogP) is 4.02. The number of allylic oxidation sites excluding steroid dienone is 1. The maximum atomic E-state index is 3.77. The molecule has 0 aliphatic heterocycles. The van der Waals surface area contributed by atoms with Crippen LogP contribution in [0.15, 0.2) is 12.7 Å². The molecule has 0 fully saturated rings. The van der Waals surface area contributed by atoms with Gasteiger partial charge >= 0.3 is 0 Å². The number of hydrogen-bond donors (Lipinski definition) is 0. The smallest absolute Gasteiger partial charge is 0.0302 e. The molecule has 0 aromatic rings. The van der Waals surface area contributed by atoms with E-state index >= 15 is 0 Å². The third kappa shape index (κ3) is 6.15. The Kier molecular flexibility index (Phi) is 4.48. The molecule has 0 amide bonds. The zero-order valence-corrected chi connectivity index (χ0v) is 8.48. The largest absolute Gasteiger partial charge is 0.103 e. The Morgan fingerprint density at radius 2 is 1.91 bits per heavy atom. The van der Waals surface area contributed by atoms with Crippen LogP contribution < -0.4 is 0 Å². The molecule has 0 rings (SSSR count). The minimum absolute atomic E-state index is 0.464. The number of hydrogen-bond acceptors (Lipinski definition) is 0. The fraction of sp³-hybridized carbons (Fsp3) is 0.818. The molecule has 66 valence electrons. The Labute approximate surface area is 71.7 Å². The van der Waals surface area contributed by atoms with Crippen molar-refractivity contribution in [3.63, 3.8) is 0 Å². The molecular weight excluding hydrogens is 132 g/mol. The van der Waals surface area contributed by atoms with Crippen LogP contribution in [-0.2, 0) is 0 Å². The van der Waals surface area contributed by atoms with Crippen molar-refractivity contribution in [1.82, 2.24) is 0 Å². The van der Waals surface area contributed by atoms with Crippen molar-refractivity contribution >= 4 is 0 Å². The summed E-state index contributed by atoms with van der Waals surface area (Å²) >= 11 is 0. The summed E-state index contributed by atoms with van der Waals surface area (Å²) in [5.74, 6) is 0.832. The van der Waals surface area contributed by atoms with Gasteiger partial charge in [-0.2, -0.15) is 0 Å². The zero-order valence-electron chi connectivity index (χ0n) is 8.48. The molecule has 0 aliphatic rings. The fourth-order valence-corrected chi connectivity index (χ4v) is 1.17. The first-order valence-corrected chi connectivity index (χ1v) is 4.59. The lowest BCUT2D eigenvalue weighted by molar-refractivity contribution is 0.308. The average Bonchev–Trinajstić information content (AvgIpc) is 1.84. The molecule has 0 spiro atoms. The van der Waals surface area contributed by atoms with E-state index in [1.54, 1.807) is 0 Å². The van der Waals surface area contributed by atoms with Crippen LogP contribution >= 0.6 is 0 Å². The van der Waals surface area contributed by atoms with Gasteiger partial charge in [-0.25, -0.2) is 0 Å². The molecule has 11 heavy (non-hydrogen) atoms. The highest BCUT2D eigenvalue weighted by Crippen LogP contribution is 2.28. The van der Waals surface area contributed by atoms with Crippen LogP contribution in [0.25, 0.3) is 0 Å². The lowest BCUT2D eigenvalue weighted by atomic mass is 9.82. The van der Waals surface area contributed by atoms with Crippen molar-refractivity contribution < 1.29 is 0 Å². The van der Waals surface area contributed by atoms with E-state index < -0.39 is 0 Å². The maximum Gasteiger partial charge on any atom is -0.0302 e. The third-order valence-corrected chi connectivity index (χ3v) is 2.10. The molecule has 0 heteroatoms. The topological polar surface area (TPSA) is 0 Å². The van der Waals surface area contributed by atoms with Gasteiger partial charge in [0, 0.05) is 0 Å². The van der Waals surface area contributed by atoms with Gasteiger partial charge in [-0.15, -0.1) is 6.58 Å². The maximum absolute atomic E-state index is 3.77. The third-order valence-electron chi connectivity index (χ3n) is 2.10. The van der Waals surface area contributed by atoms with Gasteiger partial charge in [0.05, 0.1) is 0 Å². The molecule has 0 heterocycles. The molecule has 0 N–H and O–H groups in total. The highest BCUT2D eigenvalue weighted by Gasteiger charge is 2.15. The van der Waals surface area contributed by atoms with E-state index in [-0.39, 0.29) is 0 Å². The SMILES string of the molecule is C=CCC(C)(C)CCC(C)C. The second-order valence-electron chi connectivity index (χ2n) is 4.59. The standard InChI is InChI=1S/C11H22/c1-6-8-11(4,5)9-7-10(2)3/h6,10H,1,7-9H2,2-5H3. The summed E-state index contributed by atoms with van der Waals surface area (Å²) in [4.78, 5) is 0. The van der Waals surface area contributed by atoms with Gasteiger partial charge in [-0.3, -0.25) is 0 Å². The van der Waals surface area contributed by atoms with E-state index in [1.165, 1.54) is 12.8 Å². The first kappa shape index (κ1) is 10.7. The van der Waals surface area contributed by atoms with Gasteiger partial charge in [-0.05, 0) is 24.2 Å². The molecule has 0 unspecified atom stereocenters. The van der Waals surface area contributed by atoms with Gasteiger partial charge in [0.15, 0.2) is 0 Å². The van der Waals surface area contributed by atoms with E-state index in [2.05, 4.69) is 34.3 Å². The molecule has 0 aromatic carbocycles. The lowest BCUT2D eigenvalue weighted by Crippen LogP contribution is -2.10. The first-order chi connectivity index (χ1) is 4.98. The molecule has 0 bridgehead atoms. The summed E-state index contributed by atoms with van der Waals surface area (Å²) in [5, 5.41) is 0. The quantitative estimate of drug-likeness (QED) is 0.524. The van der Waals surface area contributed by atoms with Crippen molar-refractivity contribution in [3.05, 3.63) is 12.7 Å². The highest BCUT2D eigenvalue weighted by molar-refractivity contribution is 4.79. The lowest BCUT2D eigenvalue weighted by Gasteiger charge is -2.23. The van der Waals surface area contributed by atoms with Gasteiger partial charge in [-0.1, -0.05) is 40.2 Å². The molecule has 0 aromatic heterocycles. The Bertz CT molecular complexity index is 109. The molecular formula is C11H22. The Hall–Kier alpha value is -0.260. The average molecular weight is 154 g/mol. The van der Waals surface area contributed by atoms with Crippen molar-refractivity contribution in [2.24, 2.45) is 11.3 Å². The zero-order chi connectivity index (χ0) is 8.91. The Morgan fingerprint density at radius 3 is 2.27 bits per heavy atom. The molecule has 0 saturated carbocycles. The van der Waals surface area contributed by atoms with Crippen LogP contribution in [0.5, 0.6) is 0 Å². The van der Waals surface area contributed by atoms with E-state index in [4.69, 9.17) is 0 Å². The summed E-state index contributed by atoms with van der Waals surface area (Å²) in [6.07, 6.45) is 5.82. The van der Waals surface area contributed by atoms with Crippen LogP contribution in [-0.4, -0.2) is 0 Å². The van der Waals surface area contributed by atoms with Crippen LogP contribution in [0.1, 0.15) is 47.0 Å². The summed E-state index contributed by atoms with van der Waals surface area (Å²) in [5.41, 5.74) is 0.464. The summed E-state index contributed by atoms with van der Waals surface area (Å²) < 4.78 is 0.